The second kappa shape index (κ2) is 5.83. The fourth-order valence-corrected chi connectivity index (χ4v) is 1.99. The quantitative estimate of drug-likeness (QED) is 0.846. The van der Waals surface area contributed by atoms with Crippen molar-refractivity contribution in [3.05, 3.63) is 41.6 Å². The summed E-state index contributed by atoms with van der Waals surface area (Å²) in [6.07, 6.45) is 1.90. The molecule has 0 aliphatic rings. The van der Waals surface area contributed by atoms with E-state index >= 15 is 0 Å². The first-order valence-electron chi connectivity index (χ1n) is 6.55. The van der Waals surface area contributed by atoms with Crippen molar-refractivity contribution in [2.45, 2.75) is 33.2 Å². The van der Waals surface area contributed by atoms with Crippen molar-refractivity contribution >= 4 is 0 Å². The average molecular weight is 243 g/mol. The number of benzene rings is 1. The molecule has 2 aromatic rings. The van der Waals surface area contributed by atoms with E-state index in [9.17, 15) is 0 Å². The summed E-state index contributed by atoms with van der Waals surface area (Å²) in [7, 11) is 0. The third-order valence-corrected chi connectivity index (χ3v) is 3.15. The Labute approximate surface area is 109 Å². The van der Waals surface area contributed by atoms with Gasteiger partial charge in [0.15, 0.2) is 0 Å². The molecule has 3 nitrogen and oxygen atoms in total. The van der Waals surface area contributed by atoms with E-state index in [-0.39, 0.29) is 0 Å². The number of aromatic nitrogens is 2. The SMILES string of the molecule is CCNCc1cn[nH]c1-c1ccc(C(C)C)cc1. The highest BCUT2D eigenvalue weighted by molar-refractivity contribution is 5.63. The zero-order chi connectivity index (χ0) is 13.0. The second-order valence-corrected chi connectivity index (χ2v) is 4.83. The average Bonchev–Trinajstić information content (AvgIpc) is 2.84. The normalized spacial score (nSPS) is 11.1. The standard InChI is InChI=1S/C15H21N3/c1-4-16-9-14-10-17-18-15(14)13-7-5-12(6-8-13)11(2)3/h5-8,10-11,16H,4,9H2,1-3H3,(H,17,18). The van der Waals surface area contributed by atoms with Crippen molar-refractivity contribution in [3.8, 4) is 11.3 Å². The molecule has 1 aromatic heterocycles. The molecule has 96 valence electrons. The van der Waals surface area contributed by atoms with Crippen molar-refractivity contribution in [1.82, 2.24) is 15.5 Å². The van der Waals surface area contributed by atoms with E-state index in [1.54, 1.807) is 0 Å². The van der Waals surface area contributed by atoms with E-state index in [0.717, 1.165) is 18.8 Å². The predicted octanol–water partition coefficient (Wildman–Crippen LogP) is 3.31. The summed E-state index contributed by atoms with van der Waals surface area (Å²) < 4.78 is 0. The van der Waals surface area contributed by atoms with Crippen molar-refractivity contribution in [3.63, 3.8) is 0 Å². The summed E-state index contributed by atoms with van der Waals surface area (Å²) in [6, 6.07) is 8.71. The number of nitrogens with zero attached hydrogens (tertiary/aromatic N) is 1. The van der Waals surface area contributed by atoms with Gasteiger partial charge >= 0.3 is 0 Å². The molecule has 0 amide bonds. The number of aromatic amines is 1. The number of hydrogen-bond donors (Lipinski definition) is 2. The molecule has 0 spiro atoms. The monoisotopic (exact) mass is 243 g/mol. The van der Waals surface area contributed by atoms with Crippen molar-refractivity contribution < 1.29 is 0 Å². The summed E-state index contributed by atoms with van der Waals surface area (Å²) in [5, 5.41) is 10.6. The van der Waals surface area contributed by atoms with Gasteiger partial charge in [-0.15, -0.1) is 0 Å². The van der Waals surface area contributed by atoms with Crippen molar-refractivity contribution in [1.29, 1.82) is 0 Å². The van der Waals surface area contributed by atoms with Crippen LogP contribution in [0.25, 0.3) is 11.3 Å². The highest BCUT2D eigenvalue weighted by atomic mass is 15.1. The summed E-state index contributed by atoms with van der Waals surface area (Å²) in [4.78, 5) is 0. The first kappa shape index (κ1) is 12.8. The molecule has 0 saturated heterocycles. The van der Waals surface area contributed by atoms with Crippen LogP contribution in [0.1, 0.15) is 37.8 Å². The predicted molar refractivity (Wildman–Crippen MR) is 75.5 cm³/mol. The fraction of sp³-hybridized carbons (Fsp3) is 0.400. The van der Waals surface area contributed by atoms with Gasteiger partial charge in [-0.25, -0.2) is 0 Å². The second-order valence-electron chi connectivity index (χ2n) is 4.83. The van der Waals surface area contributed by atoms with Gasteiger partial charge < -0.3 is 5.32 Å². The highest BCUT2D eigenvalue weighted by Crippen LogP contribution is 2.23. The van der Waals surface area contributed by atoms with E-state index in [1.807, 2.05) is 6.20 Å². The lowest BCUT2D eigenvalue weighted by Crippen LogP contribution is -2.11. The molecule has 0 aliphatic heterocycles. The molecule has 0 aliphatic carbocycles. The molecule has 0 radical (unpaired) electrons. The number of hydrogen-bond acceptors (Lipinski definition) is 2. The topological polar surface area (TPSA) is 40.7 Å². The number of nitrogens with one attached hydrogen (secondary N) is 2. The van der Waals surface area contributed by atoms with Gasteiger partial charge in [0.1, 0.15) is 0 Å². The van der Waals surface area contributed by atoms with Gasteiger partial charge in [-0.3, -0.25) is 5.10 Å². The van der Waals surface area contributed by atoms with Gasteiger partial charge in [-0.05, 0) is 23.6 Å². The molecular formula is C15H21N3. The van der Waals surface area contributed by atoms with Gasteiger partial charge in [-0.1, -0.05) is 45.0 Å². The molecule has 2 N–H and O–H groups in total. The molecule has 1 heterocycles. The number of H-pyrrole nitrogens is 1. The molecule has 2 rings (SSSR count). The molecule has 0 bridgehead atoms. The van der Waals surface area contributed by atoms with E-state index < -0.39 is 0 Å². The summed E-state index contributed by atoms with van der Waals surface area (Å²) in [5.41, 5.74) is 4.90. The van der Waals surface area contributed by atoms with Gasteiger partial charge in [0.25, 0.3) is 0 Å². The Balaban J connectivity index is 2.23. The van der Waals surface area contributed by atoms with Crippen LogP contribution in [-0.4, -0.2) is 16.7 Å². The minimum atomic E-state index is 0.571. The molecule has 0 fully saturated rings. The summed E-state index contributed by atoms with van der Waals surface area (Å²) >= 11 is 0. The zero-order valence-electron chi connectivity index (χ0n) is 11.3. The van der Waals surface area contributed by atoms with Crippen LogP contribution in [0.2, 0.25) is 0 Å². The van der Waals surface area contributed by atoms with Gasteiger partial charge in [-0.2, -0.15) is 5.10 Å². The Morgan fingerprint density at radius 2 is 1.94 bits per heavy atom. The Bertz CT molecular complexity index is 483. The lowest BCUT2D eigenvalue weighted by molar-refractivity contribution is 0.728. The molecule has 0 saturated carbocycles. The Morgan fingerprint density at radius 3 is 2.56 bits per heavy atom. The molecule has 18 heavy (non-hydrogen) atoms. The van der Waals surface area contributed by atoms with Crippen LogP contribution in [0.15, 0.2) is 30.5 Å². The van der Waals surface area contributed by atoms with E-state index in [0.29, 0.717) is 5.92 Å². The van der Waals surface area contributed by atoms with Gasteiger partial charge in [0.05, 0.1) is 11.9 Å². The fourth-order valence-electron chi connectivity index (χ4n) is 1.99. The van der Waals surface area contributed by atoms with Crippen LogP contribution >= 0.6 is 0 Å². The summed E-state index contributed by atoms with van der Waals surface area (Å²) in [5.74, 6) is 0.571. The maximum absolute atomic E-state index is 4.14. The van der Waals surface area contributed by atoms with Crippen LogP contribution < -0.4 is 5.32 Å². The third kappa shape index (κ3) is 2.79. The minimum Gasteiger partial charge on any atom is -0.313 e. The molecular weight excluding hydrogens is 222 g/mol. The van der Waals surface area contributed by atoms with E-state index in [4.69, 9.17) is 0 Å². The minimum absolute atomic E-state index is 0.571. The van der Waals surface area contributed by atoms with Crippen LogP contribution in [0.4, 0.5) is 0 Å². The maximum atomic E-state index is 4.14. The molecule has 3 heteroatoms. The lowest BCUT2D eigenvalue weighted by Gasteiger charge is -2.07. The summed E-state index contributed by atoms with van der Waals surface area (Å²) in [6.45, 7) is 8.35. The van der Waals surface area contributed by atoms with Crippen LogP contribution in [-0.2, 0) is 6.54 Å². The van der Waals surface area contributed by atoms with Gasteiger partial charge in [0.2, 0.25) is 0 Å². The molecule has 1 aromatic carbocycles. The number of rotatable bonds is 5. The first-order valence-corrected chi connectivity index (χ1v) is 6.55. The zero-order valence-corrected chi connectivity index (χ0v) is 11.3. The smallest absolute Gasteiger partial charge is 0.0695 e. The Morgan fingerprint density at radius 1 is 1.22 bits per heavy atom. The highest BCUT2D eigenvalue weighted by Gasteiger charge is 2.07. The van der Waals surface area contributed by atoms with Gasteiger partial charge in [0, 0.05) is 12.1 Å². The van der Waals surface area contributed by atoms with Crippen LogP contribution in [0.3, 0.4) is 0 Å². The third-order valence-electron chi connectivity index (χ3n) is 3.15. The first-order chi connectivity index (χ1) is 8.72. The maximum Gasteiger partial charge on any atom is 0.0695 e. The van der Waals surface area contributed by atoms with Crippen LogP contribution in [0, 0.1) is 0 Å². The largest absolute Gasteiger partial charge is 0.313 e. The van der Waals surface area contributed by atoms with Crippen molar-refractivity contribution in [2.24, 2.45) is 0 Å². The van der Waals surface area contributed by atoms with Crippen molar-refractivity contribution in [2.75, 3.05) is 6.54 Å². The lowest BCUT2D eigenvalue weighted by atomic mass is 10.00. The van der Waals surface area contributed by atoms with E-state index in [1.165, 1.54) is 16.7 Å². The van der Waals surface area contributed by atoms with E-state index in [2.05, 4.69) is 60.6 Å². The van der Waals surface area contributed by atoms with Crippen LogP contribution in [0.5, 0.6) is 0 Å². The molecule has 0 unspecified atom stereocenters. The Kier molecular flexibility index (Phi) is 4.15. The molecule has 0 atom stereocenters. The Hall–Kier alpha value is -1.61.